The Kier molecular flexibility index (Phi) is 6.22. The molecule has 0 amide bonds. The number of aromatic nitrogens is 5. The molecule has 1 aliphatic rings. The molecule has 1 aliphatic carbocycles. The van der Waals surface area contributed by atoms with Crippen LogP contribution in [0.5, 0.6) is 5.75 Å². The fraction of sp³-hybridized carbons (Fsp3) is 0.185. The number of ether oxygens (including phenoxy) is 1. The molecule has 0 saturated heterocycles. The fourth-order valence-electron chi connectivity index (χ4n) is 4.14. The maximum Gasteiger partial charge on any atom is 0.240 e. The zero-order valence-corrected chi connectivity index (χ0v) is 21.4. The van der Waals surface area contributed by atoms with E-state index >= 15 is 0 Å². The van der Waals surface area contributed by atoms with Crippen LogP contribution in [0.3, 0.4) is 0 Å². The third-order valence-corrected chi connectivity index (χ3v) is 7.79. The molecule has 2 aromatic carbocycles. The number of nitrogens with one attached hydrogen (secondary N) is 2. The maximum absolute atomic E-state index is 12.5. The second-order valence-corrected chi connectivity index (χ2v) is 10.7. The zero-order chi connectivity index (χ0) is 26.1. The lowest BCUT2D eigenvalue weighted by molar-refractivity contribution is 0.413. The van der Waals surface area contributed by atoms with Crippen molar-refractivity contribution in [3.63, 3.8) is 0 Å². The first-order valence-corrected chi connectivity index (χ1v) is 13.6. The van der Waals surface area contributed by atoms with E-state index in [0.717, 1.165) is 35.0 Å². The van der Waals surface area contributed by atoms with Gasteiger partial charge in [-0.05, 0) is 48.7 Å². The van der Waals surface area contributed by atoms with Gasteiger partial charge in [0, 0.05) is 29.5 Å². The van der Waals surface area contributed by atoms with Crippen LogP contribution < -0.4 is 14.8 Å². The van der Waals surface area contributed by atoms with Gasteiger partial charge in [-0.3, -0.25) is 9.67 Å². The molecule has 0 unspecified atom stereocenters. The number of benzene rings is 2. The Morgan fingerprint density at radius 3 is 2.53 bits per heavy atom. The summed E-state index contributed by atoms with van der Waals surface area (Å²) in [6.45, 7) is 0.454. The lowest BCUT2D eigenvalue weighted by Crippen LogP contribution is -2.25. The van der Waals surface area contributed by atoms with Gasteiger partial charge in [0.25, 0.3) is 0 Å². The molecule has 5 aromatic rings. The SMILES string of the molecule is COc1cnc(-c2nn(Cc3ccc(S(=O)(=O)NC4CC4)cc3)c3ccccc23)nc1Nc1ccncc1. The molecule has 192 valence electrons. The van der Waals surface area contributed by atoms with E-state index in [-0.39, 0.29) is 10.9 Å². The van der Waals surface area contributed by atoms with Gasteiger partial charge in [0.1, 0.15) is 5.69 Å². The van der Waals surface area contributed by atoms with Gasteiger partial charge in [0.15, 0.2) is 17.4 Å². The van der Waals surface area contributed by atoms with Gasteiger partial charge in [0.2, 0.25) is 10.0 Å². The van der Waals surface area contributed by atoms with E-state index in [9.17, 15) is 8.42 Å². The summed E-state index contributed by atoms with van der Waals surface area (Å²) in [5, 5.41) is 9.02. The summed E-state index contributed by atoms with van der Waals surface area (Å²) in [4.78, 5) is 13.6. The van der Waals surface area contributed by atoms with Crippen molar-refractivity contribution in [2.75, 3.05) is 12.4 Å². The van der Waals surface area contributed by atoms with Crippen LogP contribution in [0.25, 0.3) is 22.4 Å². The van der Waals surface area contributed by atoms with Crippen molar-refractivity contribution in [3.8, 4) is 17.3 Å². The predicted octanol–water partition coefficient (Wildman–Crippen LogP) is 4.13. The summed E-state index contributed by atoms with van der Waals surface area (Å²) in [6.07, 6.45) is 6.79. The van der Waals surface area contributed by atoms with Crippen LogP contribution in [0.2, 0.25) is 0 Å². The topological polar surface area (TPSA) is 124 Å². The van der Waals surface area contributed by atoms with Gasteiger partial charge >= 0.3 is 0 Å². The van der Waals surface area contributed by atoms with E-state index in [1.807, 2.05) is 53.2 Å². The molecule has 38 heavy (non-hydrogen) atoms. The minimum atomic E-state index is -3.49. The number of hydrogen-bond acceptors (Lipinski definition) is 8. The third kappa shape index (κ3) is 4.93. The van der Waals surface area contributed by atoms with Crippen LogP contribution in [0.15, 0.2) is 84.1 Å². The summed E-state index contributed by atoms with van der Waals surface area (Å²) in [7, 11) is -1.93. The minimum Gasteiger partial charge on any atom is -0.491 e. The monoisotopic (exact) mass is 527 g/mol. The van der Waals surface area contributed by atoms with Crippen molar-refractivity contribution >= 4 is 32.4 Å². The molecule has 10 nitrogen and oxygen atoms in total. The first-order chi connectivity index (χ1) is 18.5. The van der Waals surface area contributed by atoms with Gasteiger partial charge in [-0.15, -0.1) is 0 Å². The molecule has 1 saturated carbocycles. The zero-order valence-electron chi connectivity index (χ0n) is 20.6. The molecule has 0 aliphatic heterocycles. The number of rotatable bonds is 9. The Morgan fingerprint density at radius 2 is 1.79 bits per heavy atom. The third-order valence-electron chi connectivity index (χ3n) is 6.25. The lowest BCUT2D eigenvalue weighted by atomic mass is 10.2. The van der Waals surface area contributed by atoms with Crippen molar-refractivity contribution < 1.29 is 13.2 Å². The maximum atomic E-state index is 12.5. The molecular weight excluding hydrogens is 502 g/mol. The van der Waals surface area contributed by atoms with Crippen molar-refractivity contribution in [2.24, 2.45) is 0 Å². The number of para-hydroxylation sites is 1. The highest BCUT2D eigenvalue weighted by Gasteiger charge is 2.28. The summed E-state index contributed by atoms with van der Waals surface area (Å²) >= 11 is 0. The van der Waals surface area contributed by atoms with Gasteiger partial charge in [-0.25, -0.2) is 23.1 Å². The van der Waals surface area contributed by atoms with Crippen LogP contribution >= 0.6 is 0 Å². The van der Waals surface area contributed by atoms with Crippen LogP contribution in [0.1, 0.15) is 18.4 Å². The molecule has 11 heteroatoms. The minimum absolute atomic E-state index is 0.0640. The van der Waals surface area contributed by atoms with E-state index in [2.05, 4.69) is 20.0 Å². The van der Waals surface area contributed by atoms with Crippen molar-refractivity contribution in [1.82, 2.24) is 29.5 Å². The number of anilines is 2. The van der Waals surface area contributed by atoms with Gasteiger partial charge in [0.05, 0.1) is 30.3 Å². The van der Waals surface area contributed by atoms with Gasteiger partial charge in [-0.2, -0.15) is 5.10 Å². The standard InChI is InChI=1S/C27H25N7O3S/c1-37-24-16-29-27(31-26(24)30-19-12-14-28-15-13-19)25-22-4-2-3-5-23(22)34(32-25)17-18-6-10-21(11-7-18)38(35,36)33-20-8-9-20/h2-7,10-16,20,33H,8-9,17H2,1H3,(H,28,29,30,31). The molecule has 0 atom stereocenters. The fourth-order valence-corrected chi connectivity index (χ4v) is 5.45. The van der Waals surface area contributed by atoms with Crippen molar-refractivity contribution in [1.29, 1.82) is 0 Å². The van der Waals surface area contributed by atoms with Crippen LogP contribution in [-0.4, -0.2) is 46.3 Å². The highest BCUT2D eigenvalue weighted by atomic mass is 32.2. The van der Waals surface area contributed by atoms with E-state index in [1.54, 1.807) is 37.8 Å². The highest BCUT2D eigenvalue weighted by Crippen LogP contribution is 2.31. The van der Waals surface area contributed by atoms with Crippen LogP contribution in [0.4, 0.5) is 11.5 Å². The molecule has 2 N–H and O–H groups in total. The summed E-state index contributed by atoms with van der Waals surface area (Å²) in [5.74, 6) is 1.46. The molecule has 1 fully saturated rings. The van der Waals surface area contributed by atoms with E-state index < -0.39 is 10.0 Å². The number of pyridine rings is 1. The van der Waals surface area contributed by atoms with E-state index in [4.69, 9.17) is 14.8 Å². The lowest BCUT2D eigenvalue weighted by Gasteiger charge is -2.10. The Morgan fingerprint density at radius 1 is 1.03 bits per heavy atom. The normalized spacial score (nSPS) is 13.5. The van der Waals surface area contributed by atoms with E-state index in [0.29, 0.717) is 29.6 Å². The second kappa shape index (κ2) is 9.84. The second-order valence-electron chi connectivity index (χ2n) is 9.03. The van der Waals surface area contributed by atoms with E-state index in [1.165, 1.54) is 0 Å². The Labute approximate surface area is 219 Å². The number of methoxy groups -OCH3 is 1. The van der Waals surface area contributed by atoms with Crippen molar-refractivity contribution in [3.05, 3.63) is 84.8 Å². The van der Waals surface area contributed by atoms with Crippen LogP contribution in [-0.2, 0) is 16.6 Å². The van der Waals surface area contributed by atoms with Crippen molar-refractivity contribution in [2.45, 2.75) is 30.3 Å². The average Bonchev–Trinajstić information content (AvgIpc) is 3.67. The highest BCUT2D eigenvalue weighted by molar-refractivity contribution is 7.89. The van der Waals surface area contributed by atoms with Gasteiger partial charge < -0.3 is 10.1 Å². The predicted molar refractivity (Wildman–Crippen MR) is 144 cm³/mol. The molecule has 0 spiro atoms. The molecular formula is C27H25N7O3S. The summed E-state index contributed by atoms with van der Waals surface area (Å²) in [5.41, 5.74) is 3.29. The molecule has 0 bridgehead atoms. The summed E-state index contributed by atoms with van der Waals surface area (Å²) in [6, 6.07) is 18.5. The Hall–Kier alpha value is -4.35. The summed E-state index contributed by atoms with van der Waals surface area (Å²) < 4.78 is 35.1. The number of nitrogens with zero attached hydrogens (tertiary/aromatic N) is 5. The van der Waals surface area contributed by atoms with Crippen LogP contribution in [0, 0.1) is 0 Å². The Balaban J connectivity index is 1.32. The number of hydrogen-bond donors (Lipinski definition) is 2. The molecule has 6 rings (SSSR count). The quantitative estimate of drug-likeness (QED) is 0.293. The first kappa shape index (κ1) is 24.0. The van der Waals surface area contributed by atoms with Gasteiger partial charge in [-0.1, -0.05) is 30.3 Å². The number of fused-ring (bicyclic) bond motifs is 1. The smallest absolute Gasteiger partial charge is 0.240 e. The average molecular weight is 528 g/mol. The number of sulfonamides is 1. The molecule has 0 radical (unpaired) electrons. The largest absolute Gasteiger partial charge is 0.491 e. The Bertz CT molecular complexity index is 1700. The molecule has 3 heterocycles. The molecule has 3 aromatic heterocycles. The first-order valence-electron chi connectivity index (χ1n) is 12.2.